The van der Waals surface area contributed by atoms with Gasteiger partial charge in [0.2, 0.25) is 0 Å². The molecular formula is C11H16O2. The lowest BCUT2D eigenvalue weighted by Gasteiger charge is -2.31. The molecule has 1 saturated carbocycles. The number of carbonyl (C=O) groups is 2. The number of carbonyl (C=O) groups excluding carboxylic acids is 2. The summed E-state index contributed by atoms with van der Waals surface area (Å²) in [5.74, 6) is -0.229. The van der Waals surface area contributed by atoms with Crippen molar-refractivity contribution in [3.63, 3.8) is 0 Å². The van der Waals surface area contributed by atoms with Crippen LogP contribution in [0, 0.1) is 11.3 Å². The molecule has 0 N–H and O–H groups in total. The van der Waals surface area contributed by atoms with E-state index in [9.17, 15) is 9.59 Å². The minimum Gasteiger partial charge on any atom is -0.299 e. The third kappa shape index (κ3) is 2.27. The van der Waals surface area contributed by atoms with E-state index in [1.54, 1.807) is 6.08 Å². The van der Waals surface area contributed by atoms with Crippen LogP contribution in [-0.2, 0) is 9.59 Å². The van der Waals surface area contributed by atoms with Crippen LogP contribution < -0.4 is 0 Å². The molecule has 0 aliphatic heterocycles. The molecule has 0 bridgehead atoms. The van der Waals surface area contributed by atoms with Crippen LogP contribution in [0.25, 0.3) is 0 Å². The predicted molar refractivity (Wildman–Crippen MR) is 51.3 cm³/mol. The van der Waals surface area contributed by atoms with Gasteiger partial charge in [0.25, 0.3) is 0 Å². The molecule has 72 valence electrons. The van der Waals surface area contributed by atoms with Gasteiger partial charge in [-0.2, -0.15) is 0 Å². The van der Waals surface area contributed by atoms with Crippen molar-refractivity contribution < 1.29 is 9.59 Å². The van der Waals surface area contributed by atoms with Gasteiger partial charge in [-0.15, -0.1) is 6.58 Å². The topological polar surface area (TPSA) is 34.1 Å². The first kappa shape index (κ1) is 10.2. The molecule has 0 spiro atoms. The lowest BCUT2D eigenvalue weighted by atomic mass is 9.71. The summed E-state index contributed by atoms with van der Waals surface area (Å²) in [5, 5.41) is 0. The number of hydrogen-bond donors (Lipinski definition) is 0. The molecule has 0 atom stereocenters. The van der Waals surface area contributed by atoms with E-state index in [1.807, 2.05) is 13.8 Å². The van der Waals surface area contributed by atoms with E-state index in [-0.39, 0.29) is 17.0 Å². The molecule has 0 aromatic heterocycles. The monoisotopic (exact) mass is 180 g/mol. The molecule has 1 aliphatic rings. The fourth-order valence-electron chi connectivity index (χ4n) is 1.86. The van der Waals surface area contributed by atoms with Crippen LogP contribution in [0.5, 0.6) is 0 Å². The van der Waals surface area contributed by atoms with Gasteiger partial charge in [-0.1, -0.05) is 19.9 Å². The molecule has 0 amide bonds. The summed E-state index contributed by atoms with van der Waals surface area (Å²) in [4.78, 5) is 23.1. The molecule has 0 heterocycles. The maximum atomic E-state index is 11.5. The first-order valence-corrected chi connectivity index (χ1v) is 4.62. The summed E-state index contributed by atoms with van der Waals surface area (Å²) < 4.78 is 0. The van der Waals surface area contributed by atoms with Crippen molar-refractivity contribution in [1.29, 1.82) is 0 Å². The van der Waals surface area contributed by atoms with E-state index in [0.717, 1.165) is 0 Å². The molecule has 2 heteroatoms. The molecule has 0 radical (unpaired) electrons. The third-order valence-electron chi connectivity index (χ3n) is 2.49. The van der Waals surface area contributed by atoms with Gasteiger partial charge in [0.05, 0.1) is 5.92 Å². The highest BCUT2D eigenvalue weighted by Crippen LogP contribution is 2.34. The van der Waals surface area contributed by atoms with Gasteiger partial charge in [0.15, 0.2) is 0 Å². The van der Waals surface area contributed by atoms with E-state index in [4.69, 9.17) is 0 Å². The summed E-state index contributed by atoms with van der Waals surface area (Å²) >= 11 is 0. The minimum absolute atomic E-state index is 0.0844. The summed E-state index contributed by atoms with van der Waals surface area (Å²) in [5.41, 5.74) is -0.133. The Bertz CT molecular complexity index is 231. The molecule has 13 heavy (non-hydrogen) atoms. The van der Waals surface area contributed by atoms with Gasteiger partial charge < -0.3 is 0 Å². The Morgan fingerprint density at radius 2 is 1.85 bits per heavy atom. The number of ketones is 2. The number of hydrogen-bond acceptors (Lipinski definition) is 2. The lowest BCUT2D eigenvalue weighted by Crippen LogP contribution is -2.37. The van der Waals surface area contributed by atoms with Gasteiger partial charge in [-0.25, -0.2) is 0 Å². The largest absolute Gasteiger partial charge is 0.299 e. The summed E-state index contributed by atoms with van der Waals surface area (Å²) in [6.07, 6.45) is 3.21. The predicted octanol–water partition coefficient (Wildman–Crippen LogP) is 2.14. The van der Waals surface area contributed by atoms with Crippen molar-refractivity contribution in [2.24, 2.45) is 11.3 Å². The maximum absolute atomic E-state index is 11.5. The van der Waals surface area contributed by atoms with E-state index >= 15 is 0 Å². The number of rotatable bonds is 2. The molecule has 0 aromatic rings. The fraction of sp³-hybridized carbons (Fsp3) is 0.636. The average molecular weight is 180 g/mol. The summed E-state index contributed by atoms with van der Waals surface area (Å²) in [6.45, 7) is 7.49. The molecule has 1 rings (SSSR count). The van der Waals surface area contributed by atoms with Crippen molar-refractivity contribution in [3.8, 4) is 0 Å². The van der Waals surface area contributed by atoms with E-state index < -0.39 is 5.92 Å². The zero-order valence-corrected chi connectivity index (χ0v) is 8.30. The number of Topliss-reactive ketones (excluding diaryl/α,β-unsaturated/α-hetero) is 2. The van der Waals surface area contributed by atoms with Crippen molar-refractivity contribution in [1.82, 2.24) is 0 Å². The van der Waals surface area contributed by atoms with Gasteiger partial charge in [-0.3, -0.25) is 9.59 Å². The van der Waals surface area contributed by atoms with E-state index in [1.165, 1.54) is 0 Å². The van der Waals surface area contributed by atoms with Crippen LogP contribution in [0.4, 0.5) is 0 Å². The first-order chi connectivity index (χ1) is 5.96. The van der Waals surface area contributed by atoms with Gasteiger partial charge in [-0.05, 0) is 11.8 Å². The van der Waals surface area contributed by atoms with Crippen LogP contribution in [0.3, 0.4) is 0 Å². The van der Waals surface area contributed by atoms with Crippen molar-refractivity contribution in [2.45, 2.75) is 33.1 Å². The molecule has 2 nitrogen and oxygen atoms in total. The highest BCUT2D eigenvalue weighted by atomic mass is 16.2. The van der Waals surface area contributed by atoms with E-state index in [2.05, 4.69) is 6.58 Å². The highest BCUT2D eigenvalue weighted by molar-refractivity contribution is 6.05. The average Bonchev–Trinajstić information content (AvgIpc) is 1.94. The maximum Gasteiger partial charge on any atom is 0.144 e. The Morgan fingerprint density at radius 3 is 2.23 bits per heavy atom. The molecular weight excluding hydrogens is 164 g/mol. The zero-order chi connectivity index (χ0) is 10.1. The lowest BCUT2D eigenvalue weighted by molar-refractivity contribution is -0.139. The van der Waals surface area contributed by atoms with Crippen molar-refractivity contribution in [3.05, 3.63) is 12.7 Å². The Kier molecular flexibility index (Phi) is 2.69. The Morgan fingerprint density at radius 1 is 1.38 bits per heavy atom. The van der Waals surface area contributed by atoms with Crippen LogP contribution in [0.15, 0.2) is 12.7 Å². The third-order valence-corrected chi connectivity index (χ3v) is 2.49. The minimum atomic E-state index is -0.398. The Labute approximate surface area is 79.0 Å². The van der Waals surface area contributed by atoms with Gasteiger partial charge >= 0.3 is 0 Å². The van der Waals surface area contributed by atoms with Crippen LogP contribution >= 0.6 is 0 Å². The van der Waals surface area contributed by atoms with Crippen LogP contribution in [0.1, 0.15) is 33.1 Å². The van der Waals surface area contributed by atoms with Crippen molar-refractivity contribution >= 4 is 11.6 Å². The second kappa shape index (κ2) is 3.44. The normalized spacial score (nSPS) is 23.2. The molecule has 1 aliphatic carbocycles. The first-order valence-electron chi connectivity index (χ1n) is 4.62. The van der Waals surface area contributed by atoms with Crippen LogP contribution in [-0.4, -0.2) is 11.6 Å². The number of allylic oxidation sites excluding steroid dienone is 1. The smallest absolute Gasteiger partial charge is 0.144 e. The second-order valence-electron chi connectivity index (χ2n) is 4.53. The van der Waals surface area contributed by atoms with Crippen molar-refractivity contribution in [2.75, 3.05) is 0 Å². The van der Waals surface area contributed by atoms with Crippen LogP contribution in [0.2, 0.25) is 0 Å². The molecule has 1 fully saturated rings. The Hall–Kier alpha value is -0.920. The van der Waals surface area contributed by atoms with Gasteiger partial charge in [0.1, 0.15) is 11.6 Å². The zero-order valence-electron chi connectivity index (χ0n) is 8.30. The standard InChI is InChI=1S/C11H16O2/c1-4-5-8-9(12)6-11(2,3)7-10(8)13/h4,8H,1,5-7H2,2-3H3. The molecule has 0 aromatic carbocycles. The Balaban J connectivity index is 2.76. The molecule has 0 saturated heterocycles. The molecule has 0 unspecified atom stereocenters. The van der Waals surface area contributed by atoms with E-state index in [0.29, 0.717) is 19.3 Å². The fourth-order valence-corrected chi connectivity index (χ4v) is 1.86. The quantitative estimate of drug-likeness (QED) is 0.482. The summed E-state index contributed by atoms with van der Waals surface area (Å²) in [6, 6.07) is 0. The summed E-state index contributed by atoms with van der Waals surface area (Å²) in [7, 11) is 0. The van der Waals surface area contributed by atoms with Gasteiger partial charge in [0, 0.05) is 12.8 Å². The second-order valence-corrected chi connectivity index (χ2v) is 4.53. The SMILES string of the molecule is C=CCC1C(=O)CC(C)(C)CC1=O. The highest BCUT2D eigenvalue weighted by Gasteiger charge is 2.38.